The Kier molecular flexibility index (Phi) is 2.16. The third-order valence-electron chi connectivity index (χ3n) is 1.56. The lowest BCUT2D eigenvalue weighted by atomic mass is 10.3. The van der Waals surface area contributed by atoms with Crippen molar-refractivity contribution in [2.24, 2.45) is 0 Å². The number of halogens is 1. The second-order valence-corrected chi connectivity index (χ2v) is 2.90. The maximum Gasteiger partial charge on any atom is 0.235 e. The van der Waals surface area contributed by atoms with E-state index in [1.807, 2.05) is 0 Å². The predicted molar refractivity (Wildman–Crippen MR) is 37.9 cm³/mol. The van der Waals surface area contributed by atoms with Crippen LogP contribution in [0.1, 0.15) is 12.8 Å². The molecule has 58 valence electrons. The molecule has 0 heterocycles. The molecule has 0 unspecified atom stereocenters. The maximum absolute atomic E-state index is 10.5. The summed E-state index contributed by atoms with van der Waals surface area (Å²) in [5, 5.41) is 11.7. The van der Waals surface area contributed by atoms with Crippen LogP contribution >= 0.6 is 11.6 Å². The van der Waals surface area contributed by atoms with Gasteiger partial charge in [-0.2, -0.15) is 0 Å². The molecular weight excluding hydrogens is 154 g/mol. The van der Waals surface area contributed by atoms with Gasteiger partial charge in [0.2, 0.25) is 5.91 Å². The van der Waals surface area contributed by atoms with E-state index >= 15 is 0 Å². The average Bonchev–Trinajstić information content (AvgIpc) is 2.64. The standard InChI is InChI=1S/C6H10ClNO2/c7-3-5(9)8-4-6(10)1-2-6/h10H,1-4H2,(H,8,9). The molecule has 0 bridgehead atoms. The van der Waals surface area contributed by atoms with Crippen LogP contribution in [0.4, 0.5) is 0 Å². The van der Waals surface area contributed by atoms with Crippen molar-refractivity contribution >= 4 is 17.5 Å². The zero-order valence-electron chi connectivity index (χ0n) is 5.56. The van der Waals surface area contributed by atoms with Crippen LogP contribution in [0.15, 0.2) is 0 Å². The average molecular weight is 164 g/mol. The van der Waals surface area contributed by atoms with Gasteiger partial charge in [-0.15, -0.1) is 11.6 Å². The molecule has 0 aromatic carbocycles. The van der Waals surface area contributed by atoms with E-state index < -0.39 is 5.60 Å². The Labute approximate surface area is 64.4 Å². The van der Waals surface area contributed by atoms with Crippen molar-refractivity contribution in [1.82, 2.24) is 5.32 Å². The third-order valence-corrected chi connectivity index (χ3v) is 1.81. The summed E-state index contributed by atoms with van der Waals surface area (Å²) in [6.07, 6.45) is 1.57. The van der Waals surface area contributed by atoms with Crippen molar-refractivity contribution in [1.29, 1.82) is 0 Å². The highest BCUT2D eigenvalue weighted by atomic mass is 35.5. The van der Waals surface area contributed by atoms with Crippen molar-refractivity contribution in [3.63, 3.8) is 0 Å². The number of hydrogen-bond donors (Lipinski definition) is 2. The van der Waals surface area contributed by atoms with Gasteiger partial charge in [-0.25, -0.2) is 0 Å². The van der Waals surface area contributed by atoms with E-state index in [2.05, 4.69) is 5.32 Å². The highest BCUT2D eigenvalue weighted by Crippen LogP contribution is 2.33. The second kappa shape index (κ2) is 2.76. The molecule has 3 nitrogen and oxygen atoms in total. The zero-order valence-corrected chi connectivity index (χ0v) is 6.32. The molecule has 2 N–H and O–H groups in total. The lowest BCUT2D eigenvalue weighted by molar-refractivity contribution is -0.119. The number of carbonyl (C=O) groups excluding carboxylic acids is 1. The van der Waals surface area contributed by atoms with Crippen LogP contribution in [-0.2, 0) is 4.79 Å². The summed E-state index contributed by atoms with van der Waals surface area (Å²) in [4.78, 5) is 10.5. The molecule has 0 aromatic heterocycles. The fraction of sp³-hybridized carbons (Fsp3) is 0.833. The van der Waals surface area contributed by atoms with E-state index in [1.54, 1.807) is 0 Å². The molecule has 10 heavy (non-hydrogen) atoms. The largest absolute Gasteiger partial charge is 0.388 e. The van der Waals surface area contributed by atoms with Crippen LogP contribution in [0, 0.1) is 0 Å². The van der Waals surface area contributed by atoms with Gasteiger partial charge in [-0.1, -0.05) is 0 Å². The van der Waals surface area contributed by atoms with Gasteiger partial charge in [0.25, 0.3) is 0 Å². The van der Waals surface area contributed by atoms with E-state index in [0.29, 0.717) is 6.54 Å². The number of hydrogen-bond acceptors (Lipinski definition) is 2. The molecule has 0 spiro atoms. The smallest absolute Gasteiger partial charge is 0.235 e. The number of nitrogens with one attached hydrogen (secondary N) is 1. The number of aliphatic hydroxyl groups is 1. The zero-order chi connectivity index (χ0) is 7.61. The monoisotopic (exact) mass is 163 g/mol. The molecule has 1 aliphatic carbocycles. The Morgan fingerprint density at radius 1 is 1.70 bits per heavy atom. The van der Waals surface area contributed by atoms with E-state index in [4.69, 9.17) is 11.6 Å². The van der Waals surface area contributed by atoms with Gasteiger partial charge in [0.15, 0.2) is 0 Å². The van der Waals surface area contributed by atoms with Crippen molar-refractivity contribution in [2.75, 3.05) is 12.4 Å². The molecule has 1 saturated carbocycles. The quantitative estimate of drug-likeness (QED) is 0.570. The molecule has 1 fully saturated rings. The summed E-state index contributed by atoms with van der Waals surface area (Å²) in [5.74, 6) is -0.252. The van der Waals surface area contributed by atoms with E-state index in [0.717, 1.165) is 12.8 Å². The number of amides is 1. The van der Waals surface area contributed by atoms with E-state index in [-0.39, 0.29) is 11.8 Å². The Morgan fingerprint density at radius 2 is 2.30 bits per heavy atom. The Morgan fingerprint density at radius 3 is 2.70 bits per heavy atom. The predicted octanol–water partition coefficient (Wildman–Crippen LogP) is -0.134. The molecule has 0 saturated heterocycles. The van der Waals surface area contributed by atoms with Crippen LogP contribution in [0.3, 0.4) is 0 Å². The molecule has 4 heteroatoms. The van der Waals surface area contributed by atoms with Gasteiger partial charge < -0.3 is 10.4 Å². The van der Waals surface area contributed by atoms with Crippen molar-refractivity contribution in [2.45, 2.75) is 18.4 Å². The van der Waals surface area contributed by atoms with Gasteiger partial charge in [-0.05, 0) is 12.8 Å². The Bertz CT molecular complexity index is 145. The molecule has 0 aromatic rings. The van der Waals surface area contributed by atoms with Crippen molar-refractivity contribution < 1.29 is 9.90 Å². The second-order valence-electron chi connectivity index (χ2n) is 2.63. The fourth-order valence-electron chi connectivity index (χ4n) is 0.631. The first kappa shape index (κ1) is 7.82. The van der Waals surface area contributed by atoms with Crippen LogP contribution in [0.2, 0.25) is 0 Å². The summed E-state index contributed by atoms with van der Waals surface area (Å²) in [5.41, 5.74) is -0.609. The van der Waals surface area contributed by atoms with E-state index in [1.165, 1.54) is 0 Å². The van der Waals surface area contributed by atoms with Crippen LogP contribution in [-0.4, -0.2) is 29.0 Å². The minimum absolute atomic E-state index is 0.0317. The number of carbonyl (C=O) groups is 1. The number of alkyl halides is 1. The lowest BCUT2D eigenvalue weighted by Gasteiger charge is -2.06. The SMILES string of the molecule is O=C(CCl)NCC1(O)CC1. The first-order valence-electron chi connectivity index (χ1n) is 3.21. The normalized spacial score (nSPS) is 20.2. The van der Waals surface area contributed by atoms with Crippen molar-refractivity contribution in [3.8, 4) is 0 Å². The molecule has 1 aliphatic rings. The first-order chi connectivity index (χ1) is 4.66. The number of rotatable bonds is 3. The van der Waals surface area contributed by atoms with Gasteiger partial charge in [0, 0.05) is 6.54 Å². The van der Waals surface area contributed by atoms with Crippen molar-refractivity contribution in [3.05, 3.63) is 0 Å². The molecule has 1 amide bonds. The Balaban J connectivity index is 2.10. The van der Waals surface area contributed by atoms with Crippen LogP contribution < -0.4 is 5.32 Å². The van der Waals surface area contributed by atoms with Gasteiger partial charge in [-0.3, -0.25) is 4.79 Å². The van der Waals surface area contributed by atoms with Gasteiger partial charge in [0.1, 0.15) is 5.88 Å². The summed E-state index contributed by atoms with van der Waals surface area (Å²) >= 11 is 5.21. The molecule has 0 atom stereocenters. The van der Waals surface area contributed by atoms with Crippen LogP contribution in [0.25, 0.3) is 0 Å². The van der Waals surface area contributed by atoms with Gasteiger partial charge >= 0.3 is 0 Å². The summed E-state index contributed by atoms with van der Waals surface area (Å²) in [7, 11) is 0. The molecule has 0 aliphatic heterocycles. The summed E-state index contributed by atoms with van der Waals surface area (Å²) in [6.45, 7) is 0.346. The minimum Gasteiger partial charge on any atom is -0.388 e. The Hall–Kier alpha value is -0.280. The highest BCUT2D eigenvalue weighted by Gasteiger charge is 2.40. The fourth-order valence-corrected chi connectivity index (χ4v) is 0.726. The topological polar surface area (TPSA) is 49.3 Å². The summed E-state index contributed by atoms with van der Waals surface area (Å²) in [6, 6.07) is 0. The van der Waals surface area contributed by atoms with E-state index in [9.17, 15) is 9.90 Å². The maximum atomic E-state index is 10.5. The molecule has 0 radical (unpaired) electrons. The molecule has 1 rings (SSSR count). The third kappa shape index (κ3) is 2.15. The molecular formula is C6H10ClNO2. The lowest BCUT2D eigenvalue weighted by Crippen LogP contribution is -2.33. The highest BCUT2D eigenvalue weighted by molar-refractivity contribution is 6.27. The van der Waals surface area contributed by atoms with Gasteiger partial charge in [0.05, 0.1) is 5.60 Å². The summed E-state index contributed by atoms with van der Waals surface area (Å²) < 4.78 is 0. The first-order valence-corrected chi connectivity index (χ1v) is 3.75. The minimum atomic E-state index is -0.609. The van der Waals surface area contributed by atoms with Crippen LogP contribution in [0.5, 0.6) is 0 Å².